The lowest BCUT2D eigenvalue weighted by Crippen LogP contribution is -2.55. The maximum absolute atomic E-state index is 12.9. The van der Waals surface area contributed by atoms with Crippen molar-refractivity contribution in [2.24, 2.45) is 5.92 Å². The number of hydrogen-bond donors (Lipinski definition) is 3. The third kappa shape index (κ3) is 5.93. The molecule has 0 saturated heterocycles. The Hall–Kier alpha value is -3.69. The number of carbonyl (C=O) groups is 4. The Morgan fingerprint density at radius 1 is 1.25 bits per heavy atom. The number of aromatic nitrogens is 1. The Balaban J connectivity index is 1.62. The Kier molecular flexibility index (Phi) is 7.58. The van der Waals surface area contributed by atoms with Gasteiger partial charge in [0.1, 0.15) is 24.1 Å². The minimum absolute atomic E-state index is 0.0555. The minimum Gasteiger partial charge on any atom is -0.448 e. The zero-order chi connectivity index (χ0) is 23.1. The van der Waals surface area contributed by atoms with Crippen molar-refractivity contribution in [3.63, 3.8) is 0 Å². The summed E-state index contributed by atoms with van der Waals surface area (Å²) in [5.41, 5.74) is 1.35. The van der Waals surface area contributed by atoms with E-state index in [9.17, 15) is 19.2 Å². The average Bonchev–Trinajstić information content (AvgIpc) is 3.24. The molecule has 2 atom stereocenters. The molecule has 0 aliphatic carbocycles. The molecule has 2 aromatic rings. The summed E-state index contributed by atoms with van der Waals surface area (Å²) < 4.78 is 10.5. The van der Waals surface area contributed by atoms with Crippen LogP contribution >= 0.6 is 0 Å². The molecule has 0 fully saturated rings. The summed E-state index contributed by atoms with van der Waals surface area (Å²) in [4.78, 5) is 53.9. The molecule has 1 aromatic carbocycles. The molecule has 2 heterocycles. The van der Waals surface area contributed by atoms with Gasteiger partial charge in [0.05, 0.1) is 12.6 Å². The second kappa shape index (κ2) is 10.6. The SMILES string of the molecule is CC(C)C(NC(=O)OCc1ccccc1)C(=O)NC1CCc2ocnc2CNC(=O)C1=O. The van der Waals surface area contributed by atoms with Crippen LogP contribution in [0, 0.1) is 5.92 Å². The van der Waals surface area contributed by atoms with Crippen LogP contribution in [0.15, 0.2) is 41.1 Å². The van der Waals surface area contributed by atoms with Crippen molar-refractivity contribution >= 4 is 23.7 Å². The molecule has 3 N–H and O–H groups in total. The zero-order valence-corrected chi connectivity index (χ0v) is 17.9. The fraction of sp³-hybridized carbons (Fsp3) is 0.409. The number of rotatable bonds is 6. The fourth-order valence-electron chi connectivity index (χ4n) is 3.28. The maximum atomic E-state index is 12.9. The lowest BCUT2D eigenvalue weighted by atomic mass is 10.0. The van der Waals surface area contributed by atoms with Crippen molar-refractivity contribution in [2.75, 3.05) is 0 Å². The molecular weight excluding hydrogens is 416 g/mol. The third-order valence-corrected chi connectivity index (χ3v) is 5.09. The topological polar surface area (TPSA) is 140 Å². The van der Waals surface area contributed by atoms with E-state index >= 15 is 0 Å². The van der Waals surface area contributed by atoms with E-state index in [1.807, 2.05) is 30.3 Å². The van der Waals surface area contributed by atoms with Gasteiger partial charge >= 0.3 is 6.09 Å². The van der Waals surface area contributed by atoms with E-state index in [0.29, 0.717) is 17.9 Å². The van der Waals surface area contributed by atoms with Gasteiger partial charge in [-0.2, -0.15) is 0 Å². The normalized spacial score (nSPS) is 17.3. The number of hydrogen-bond acceptors (Lipinski definition) is 7. The molecule has 3 rings (SSSR count). The van der Waals surface area contributed by atoms with Gasteiger partial charge in [-0.05, 0) is 17.9 Å². The quantitative estimate of drug-likeness (QED) is 0.572. The van der Waals surface area contributed by atoms with E-state index in [0.717, 1.165) is 5.56 Å². The molecule has 0 radical (unpaired) electrons. The summed E-state index contributed by atoms with van der Waals surface area (Å²) in [7, 11) is 0. The van der Waals surface area contributed by atoms with Gasteiger partial charge in [-0.1, -0.05) is 44.2 Å². The van der Waals surface area contributed by atoms with Crippen molar-refractivity contribution < 1.29 is 28.3 Å². The highest BCUT2D eigenvalue weighted by Gasteiger charge is 2.33. The second-order valence-corrected chi connectivity index (χ2v) is 7.80. The Bertz CT molecular complexity index is 972. The van der Waals surface area contributed by atoms with Crippen LogP contribution in [-0.4, -0.2) is 40.8 Å². The van der Waals surface area contributed by atoms with Crippen LogP contribution in [0.3, 0.4) is 0 Å². The van der Waals surface area contributed by atoms with E-state index in [4.69, 9.17) is 9.15 Å². The molecule has 170 valence electrons. The Morgan fingerprint density at radius 2 is 2.00 bits per heavy atom. The van der Waals surface area contributed by atoms with Gasteiger partial charge in [0.25, 0.3) is 5.91 Å². The lowest BCUT2D eigenvalue weighted by Gasteiger charge is -2.24. The highest BCUT2D eigenvalue weighted by Crippen LogP contribution is 2.14. The molecule has 1 aromatic heterocycles. The predicted octanol–water partition coefficient (Wildman–Crippen LogP) is 1.24. The van der Waals surface area contributed by atoms with Crippen LogP contribution in [0.4, 0.5) is 4.79 Å². The predicted molar refractivity (Wildman–Crippen MR) is 112 cm³/mol. The highest BCUT2D eigenvalue weighted by atomic mass is 16.5. The van der Waals surface area contributed by atoms with E-state index < -0.39 is 35.8 Å². The van der Waals surface area contributed by atoms with Crippen LogP contribution < -0.4 is 16.0 Å². The van der Waals surface area contributed by atoms with Crippen LogP contribution in [0.5, 0.6) is 0 Å². The molecule has 10 nitrogen and oxygen atoms in total. The summed E-state index contributed by atoms with van der Waals surface area (Å²) in [6, 6.07) is 7.11. The van der Waals surface area contributed by atoms with Gasteiger partial charge in [-0.25, -0.2) is 9.78 Å². The molecule has 1 aliphatic heterocycles. The number of Topliss-reactive ketones (excluding diaryl/α,β-unsaturated/α-hetero) is 1. The van der Waals surface area contributed by atoms with Gasteiger partial charge in [-0.3, -0.25) is 14.4 Å². The van der Waals surface area contributed by atoms with Crippen molar-refractivity contribution in [1.29, 1.82) is 0 Å². The number of nitrogens with zero attached hydrogens (tertiary/aromatic N) is 1. The molecular formula is C22H26N4O6. The first-order chi connectivity index (χ1) is 15.3. The molecule has 32 heavy (non-hydrogen) atoms. The number of carbonyl (C=O) groups excluding carboxylic acids is 4. The van der Waals surface area contributed by atoms with Crippen LogP contribution in [0.1, 0.15) is 37.3 Å². The van der Waals surface area contributed by atoms with E-state index in [2.05, 4.69) is 20.9 Å². The molecule has 0 spiro atoms. The standard InChI is InChI=1S/C22H26N4O6/c1-13(2)18(26-22(30)31-11-14-6-4-3-5-7-14)20(28)25-15-8-9-17-16(24-12-32-17)10-23-21(29)19(15)27/h3-7,12-13,15,18H,8-11H2,1-2H3,(H,23,29)(H,25,28)(H,26,30). The Labute approximate surface area is 185 Å². The average molecular weight is 442 g/mol. The molecule has 1 aliphatic rings. The number of alkyl carbamates (subject to hydrolysis) is 1. The third-order valence-electron chi connectivity index (χ3n) is 5.09. The van der Waals surface area contributed by atoms with Crippen molar-refractivity contribution in [3.05, 3.63) is 53.7 Å². The first-order valence-corrected chi connectivity index (χ1v) is 10.4. The molecule has 0 bridgehead atoms. The number of fused-ring (bicyclic) bond motifs is 1. The Morgan fingerprint density at radius 3 is 2.72 bits per heavy atom. The smallest absolute Gasteiger partial charge is 0.408 e. The number of oxazole rings is 1. The van der Waals surface area contributed by atoms with Crippen LogP contribution in [0.25, 0.3) is 0 Å². The zero-order valence-electron chi connectivity index (χ0n) is 17.9. The van der Waals surface area contributed by atoms with Crippen molar-refractivity contribution in [3.8, 4) is 0 Å². The first kappa shape index (κ1) is 23.0. The largest absolute Gasteiger partial charge is 0.448 e. The fourth-order valence-corrected chi connectivity index (χ4v) is 3.28. The second-order valence-electron chi connectivity index (χ2n) is 7.80. The number of ether oxygens (including phenoxy) is 1. The summed E-state index contributed by atoms with van der Waals surface area (Å²) in [5, 5.41) is 7.62. The monoisotopic (exact) mass is 442 g/mol. The van der Waals surface area contributed by atoms with Gasteiger partial charge in [0.15, 0.2) is 6.39 Å². The highest BCUT2D eigenvalue weighted by molar-refractivity contribution is 6.38. The molecule has 0 saturated carbocycles. The number of nitrogens with one attached hydrogen (secondary N) is 3. The summed E-state index contributed by atoms with van der Waals surface area (Å²) in [6.07, 6.45) is 0.990. The van der Waals surface area contributed by atoms with E-state index in [1.165, 1.54) is 6.39 Å². The maximum Gasteiger partial charge on any atom is 0.408 e. The van der Waals surface area contributed by atoms with Crippen molar-refractivity contribution in [1.82, 2.24) is 20.9 Å². The number of ketones is 1. The lowest BCUT2D eigenvalue weighted by molar-refractivity contribution is -0.140. The first-order valence-electron chi connectivity index (χ1n) is 10.4. The summed E-state index contributed by atoms with van der Waals surface area (Å²) in [5.74, 6) is -1.91. The summed E-state index contributed by atoms with van der Waals surface area (Å²) in [6.45, 7) is 3.63. The molecule has 10 heteroatoms. The number of aryl methyl sites for hydroxylation is 1. The molecule has 2 unspecified atom stereocenters. The minimum atomic E-state index is -1.07. The van der Waals surface area contributed by atoms with Gasteiger partial charge in [-0.15, -0.1) is 0 Å². The van der Waals surface area contributed by atoms with Gasteiger partial charge in [0.2, 0.25) is 11.7 Å². The summed E-state index contributed by atoms with van der Waals surface area (Å²) >= 11 is 0. The van der Waals surface area contributed by atoms with E-state index in [1.54, 1.807) is 13.8 Å². The van der Waals surface area contributed by atoms with Gasteiger partial charge < -0.3 is 25.1 Å². The van der Waals surface area contributed by atoms with Crippen molar-refractivity contribution in [2.45, 2.75) is 51.9 Å². The van der Waals surface area contributed by atoms with E-state index in [-0.39, 0.29) is 25.5 Å². The number of benzene rings is 1. The number of amides is 3. The van der Waals surface area contributed by atoms with Crippen LogP contribution in [0.2, 0.25) is 0 Å². The van der Waals surface area contributed by atoms with Gasteiger partial charge in [0, 0.05) is 6.42 Å². The van der Waals surface area contributed by atoms with Crippen LogP contribution in [-0.2, 0) is 38.7 Å². The molecule has 3 amide bonds.